The lowest BCUT2D eigenvalue weighted by atomic mass is 10.6. The fraction of sp³-hybridized carbons (Fsp3) is 1.00. The van der Waals surface area contributed by atoms with Crippen molar-refractivity contribution in [2.45, 2.75) is 24.6 Å². The van der Waals surface area contributed by atoms with Crippen LogP contribution in [0.25, 0.3) is 0 Å². The van der Waals surface area contributed by atoms with E-state index in [1.165, 1.54) is 0 Å². The van der Waals surface area contributed by atoms with Gasteiger partial charge in [-0.3, -0.25) is 4.74 Å². The van der Waals surface area contributed by atoms with Gasteiger partial charge in [-0.25, -0.2) is 8.42 Å². The average Bonchev–Trinajstić information content (AvgIpc) is 1.80. The monoisotopic (exact) mass is 243 g/mol. The lowest BCUT2D eigenvalue weighted by Crippen LogP contribution is -2.43. The summed E-state index contributed by atoms with van der Waals surface area (Å²) in [7, 11) is -5.35. The van der Waals surface area contributed by atoms with Gasteiger partial charge >= 0.3 is 12.3 Å². The minimum atomic E-state index is -6.06. The lowest BCUT2D eigenvalue weighted by Gasteiger charge is -2.24. The molecule has 0 bridgehead atoms. The normalized spacial score (nSPS) is 16.8. The van der Waals surface area contributed by atoms with Gasteiger partial charge in [0.2, 0.25) is 0 Å². The van der Waals surface area contributed by atoms with Gasteiger partial charge in [0, 0.05) is 0 Å². The van der Waals surface area contributed by atoms with Crippen molar-refractivity contribution in [2.24, 2.45) is 0 Å². The average molecular weight is 243 g/mol. The van der Waals surface area contributed by atoms with Crippen molar-refractivity contribution in [1.29, 1.82) is 0 Å². The summed E-state index contributed by atoms with van der Waals surface area (Å²) in [4.78, 5) is 0. The second-order valence-corrected chi connectivity index (χ2v) is 3.84. The zero-order valence-corrected chi connectivity index (χ0v) is 7.32. The molecular weight excluding hydrogens is 239 g/mol. The molecule has 0 radical (unpaired) electrons. The first-order chi connectivity index (χ1) is 5.88. The molecule has 0 N–H and O–H groups in total. The molecule has 0 spiro atoms. The fourth-order valence-corrected chi connectivity index (χ4v) is 0.573. The first-order valence-corrected chi connectivity index (χ1v) is 4.42. The summed E-state index contributed by atoms with van der Waals surface area (Å²) in [5.74, 6) is 0. The molecule has 10 heteroatoms. The first-order valence-electron chi connectivity index (χ1n) is 2.95. The molecule has 0 amide bonds. The van der Waals surface area contributed by atoms with Crippen LogP contribution in [-0.4, -0.2) is 30.7 Å². The molecule has 0 aromatic carbocycles. The summed E-state index contributed by atoms with van der Waals surface area (Å²) in [5, 5.41) is 0. The Balaban J connectivity index is 4.70. The van der Waals surface area contributed by atoms with Gasteiger partial charge < -0.3 is 4.55 Å². The summed E-state index contributed by atoms with van der Waals surface area (Å²) < 4.78 is 90.8. The molecule has 86 valence electrons. The zero-order valence-electron chi connectivity index (χ0n) is 6.51. The Labute approximate surface area is 75.4 Å². The zero-order chi connectivity index (χ0) is 11.8. The summed E-state index contributed by atoms with van der Waals surface area (Å²) in [6.07, 6.45) is -11.7. The van der Waals surface area contributed by atoms with Gasteiger partial charge in [0.25, 0.3) is 0 Å². The predicted molar refractivity (Wildman–Crippen MR) is 31.2 cm³/mol. The Bertz CT molecular complexity index is 293. The third-order valence-electron chi connectivity index (χ3n) is 1.05. The maximum absolute atomic E-state index is 12.0. The largest absolute Gasteiger partial charge is 0.746 e. The molecule has 0 aromatic rings. The van der Waals surface area contributed by atoms with Crippen molar-refractivity contribution >= 4 is 10.1 Å². The predicted octanol–water partition coefficient (Wildman–Crippen LogP) is 1.05. The third kappa shape index (κ3) is 3.35. The highest BCUT2D eigenvalue weighted by atomic mass is 32.2. The summed E-state index contributed by atoms with van der Waals surface area (Å²) in [6.45, 7) is 0.280. The maximum Gasteiger partial charge on any atom is 0.483 e. The highest BCUT2D eigenvalue weighted by Crippen LogP contribution is 2.37. The minimum Gasteiger partial charge on any atom is -0.746 e. The molecule has 0 aromatic heterocycles. The fourth-order valence-electron chi connectivity index (χ4n) is 0.334. The van der Waals surface area contributed by atoms with Crippen molar-refractivity contribution in [2.75, 3.05) is 0 Å². The molecular formula is C4H4F5O4S-. The number of rotatable bonds is 3. The van der Waals surface area contributed by atoms with Gasteiger partial charge in [0.1, 0.15) is 10.1 Å². The molecule has 1 atom stereocenters. The topological polar surface area (TPSA) is 66.4 Å². The second kappa shape index (κ2) is 3.59. The molecule has 0 aliphatic heterocycles. The van der Waals surface area contributed by atoms with Gasteiger partial charge in [-0.05, 0) is 6.92 Å². The number of hydrogen-bond acceptors (Lipinski definition) is 4. The van der Waals surface area contributed by atoms with Crippen LogP contribution in [0.15, 0.2) is 0 Å². The Morgan fingerprint density at radius 2 is 1.57 bits per heavy atom. The quantitative estimate of drug-likeness (QED) is 0.548. The van der Waals surface area contributed by atoms with E-state index in [9.17, 15) is 34.9 Å². The van der Waals surface area contributed by atoms with E-state index in [4.69, 9.17) is 0 Å². The Kier molecular flexibility index (Phi) is 3.46. The van der Waals surface area contributed by atoms with Crippen molar-refractivity contribution in [1.82, 2.24) is 0 Å². The van der Waals surface area contributed by atoms with Crippen LogP contribution in [0.3, 0.4) is 0 Å². The van der Waals surface area contributed by atoms with Gasteiger partial charge in [0.05, 0.1) is 0 Å². The molecule has 4 nitrogen and oxygen atoms in total. The molecule has 14 heavy (non-hydrogen) atoms. The van der Waals surface area contributed by atoms with E-state index in [0.717, 1.165) is 0 Å². The molecule has 0 fully saturated rings. The van der Waals surface area contributed by atoms with Crippen molar-refractivity contribution < 1.29 is 39.7 Å². The van der Waals surface area contributed by atoms with Gasteiger partial charge in [0.15, 0.2) is 5.44 Å². The van der Waals surface area contributed by atoms with Crippen LogP contribution in [0, 0.1) is 0 Å². The standard InChI is InChI=1S/C4H5F5O4S/c1-2(14(10,11)12)13-4(8,9)3(5,6)7/h2H,1H3,(H,10,11,12)/p-1. The molecule has 0 aliphatic carbocycles. The van der Waals surface area contributed by atoms with E-state index in [1.807, 2.05) is 0 Å². The van der Waals surface area contributed by atoms with Crippen LogP contribution < -0.4 is 0 Å². The van der Waals surface area contributed by atoms with E-state index in [1.54, 1.807) is 0 Å². The van der Waals surface area contributed by atoms with Crippen LogP contribution in [0.5, 0.6) is 0 Å². The van der Waals surface area contributed by atoms with Gasteiger partial charge in [-0.2, -0.15) is 22.0 Å². The van der Waals surface area contributed by atoms with Gasteiger partial charge in [-0.15, -0.1) is 0 Å². The Morgan fingerprint density at radius 3 is 1.79 bits per heavy atom. The molecule has 0 rings (SSSR count). The van der Waals surface area contributed by atoms with Crippen molar-refractivity contribution in [3.63, 3.8) is 0 Å². The van der Waals surface area contributed by atoms with E-state index < -0.39 is 27.8 Å². The van der Waals surface area contributed by atoms with Crippen LogP contribution >= 0.6 is 0 Å². The van der Waals surface area contributed by atoms with Crippen molar-refractivity contribution in [3.8, 4) is 0 Å². The van der Waals surface area contributed by atoms with E-state index in [-0.39, 0.29) is 6.92 Å². The third-order valence-corrected chi connectivity index (χ3v) is 1.96. The Morgan fingerprint density at radius 1 is 1.21 bits per heavy atom. The molecule has 0 saturated heterocycles. The molecule has 0 heterocycles. The number of alkyl halides is 5. The number of halogens is 5. The lowest BCUT2D eigenvalue weighted by molar-refractivity contribution is -0.394. The maximum atomic E-state index is 12.0. The van der Waals surface area contributed by atoms with Crippen LogP contribution in [-0.2, 0) is 14.9 Å². The highest BCUT2D eigenvalue weighted by Gasteiger charge is 2.60. The van der Waals surface area contributed by atoms with Crippen LogP contribution in [0.4, 0.5) is 22.0 Å². The molecule has 0 saturated carbocycles. The molecule has 0 aliphatic rings. The summed E-state index contributed by atoms with van der Waals surface area (Å²) >= 11 is 0. The van der Waals surface area contributed by atoms with E-state index in [0.29, 0.717) is 0 Å². The second-order valence-electron chi connectivity index (χ2n) is 2.19. The summed E-state index contributed by atoms with van der Waals surface area (Å²) in [6, 6.07) is 0. The van der Waals surface area contributed by atoms with Gasteiger partial charge in [-0.1, -0.05) is 0 Å². The Hall–Kier alpha value is -0.480. The molecule has 1 unspecified atom stereocenters. The summed E-state index contributed by atoms with van der Waals surface area (Å²) in [5.41, 5.74) is -2.78. The SMILES string of the molecule is CC(OC(F)(F)C(F)(F)F)S(=O)(=O)[O-]. The van der Waals surface area contributed by atoms with E-state index in [2.05, 4.69) is 4.74 Å². The smallest absolute Gasteiger partial charge is 0.483 e. The number of ether oxygens (including phenoxy) is 1. The minimum absolute atomic E-state index is 0.280. The van der Waals surface area contributed by atoms with Crippen LogP contribution in [0.2, 0.25) is 0 Å². The highest BCUT2D eigenvalue weighted by molar-refractivity contribution is 7.86. The number of hydrogen-bond donors (Lipinski definition) is 0. The van der Waals surface area contributed by atoms with Crippen LogP contribution in [0.1, 0.15) is 6.92 Å². The van der Waals surface area contributed by atoms with Crippen molar-refractivity contribution in [3.05, 3.63) is 0 Å². The first kappa shape index (κ1) is 13.5. The van der Waals surface area contributed by atoms with E-state index >= 15 is 0 Å².